The summed E-state index contributed by atoms with van der Waals surface area (Å²) in [4.78, 5) is 4.97. The maximum atomic E-state index is 6.69. The van der Waals surface area contributed by atoms with E-state index in [9.17, 15) is 0 Å². The number of hydrogen-bond donors (Lipinski definition) is 0. The molecule has 11 aromatic rings. The number of nitrogens with zero attached hydrogens (tertiary/aromatic N) is 6. The van der Waals surface area contributed by atoms with Gasteiger partial charge in [0.25, 0.3) is 0 Å². The van der Waals surface area contributed by atoms with Crippen molar-refractivity contribution in [3.05, 3.63) is 199 Å². The van der Waals surface area contributed by atoms with Gasteiger partial charge in [0.1, 0.15) is 5.82 Å². The first-order chi connectivity index (χ1) is 32.6. The van der Waals surface area contributed by atoms with Crippen LogP contribution in [-0.2, 0) is 37.3 Å². The molecule has 0 saturated heterocycles. The summed E-state index contributed by atoms with van der Waals surface area (Å²) < 4.78 is 15.1. The second-order valence-corrected chi connectivity index (χ2v) is 21.0. The molecule has 0 unspecified atom stereocenters. The molecule has 0 fully saturated rings. The molecule has 0 saturated carbocycles. The van der Waals surface area contributed by atoms with Gasteiger partial charge in [-0.3, -0.25) is 0 Å². The van der Waals surface area contributed by atoms with E-state index in [0.29, 0.717) is 17.2 Å². The Labute approximate surface area is 418 Å². The Morgan fingerprint density at radius 1 is 0.507 bits per heavy atom. The van der Waals surface area contributed by atoms with Gasteiger partial charge < -0.3 is 18.4 Å². The smallest absolute Gasteiger partial charge is 0.231 e. The van der Waals surface area contributed by atoms with Crippen LogP contribution in [0.2, 0.25) is 0 Å². The van der Waals surface area contributed by atoms with Crippen LogP contribution >= 0.6 is 0 Å². The van der Waals surface area contributed by atoms with Crippen LogP contribution in [0, 0.1) is 18.5 Å². The molecule has 7 aromatic carbocycles. The summed E-state index contributed by atoms with van der Waals surface area (Å²) in [5.41, 5.74) is 11.5. The number of benzene rings is 7. The van der Waals surface area contributed by atoms with E-state index in [0.717, 1.165) is 50.4 Å². The zero-order valence-corrected chi connectivity index (χ0v) is 42.8. The molecule has 11 rings (SSSR count). The molecular weight excluding hydrogens is 1030 g/mol. The van der Waals surface area contributed by atoms with Gasteiger partial charge in [0.05, 0.1) is 11.0 Å². The molecule has 4 aromatic heterocycles. The monoisotopic (exact) mass is 1080 g/mol. The van der Waals surface area contributed by atoms with E-state index in [4.69, 9.17) is 14.8 Å². The van der Waals surface area contributed by atoms with Crippen molar-refractivity contribution in [2.75, 3.05) is 0 Å². The van der Waals surface area contributed by atoms with Gasteiger partial charge in [-0.2, -0.15) is 22.9 Å². The third kappa shape index (κ3) is 8.37. The van der Waals surface area contributed by atoms with Crippen molar-refractivity contribution in [3.63, 3.8) is 0 Å². The Balaban J connectivity index is 0.00000553. The number of fused-ring (bicyclic) bond motifs is 6. The predicted octanol–water partition coefficient (Wildman–Crippen LogP) is 14.5. The van der Waals surface area contributed by atoms with Crippen LogP contribution in [0.4, 0.5) is 0 Å². The van der Waals surface area contributed by atoms with E-state index in [1.165, 1.54) is 38.5 Å². The van der Waals surface area contributed by atoms with Crippen molar-refractivity contribution in [1.29, 1.82) is 0 Å². The Kier molecular flexibility index (Phi) is 11.4. The zero-order chi connectivity index (χ0) is 47.1. The molecule has 7 nitrogen and oxygen atoms in total. The van der Waals surface area contributed by atoms with Crippen molar-refractivity contribution < 1.29 is 30.4 Å². The molecule has 0 aliphatic carbocycles. The maximum absolute atomic E-state index is 6.69. The molecule has 0 atom stereocenters. The van der Waals surface area contributed by atoms with Crippen molar-refractivity contribution >= 4 is 43.6 Å². The molecule has 346 valence electrons. The van der Waals surface area contributed by atoms with Crippen LogP contribution < -0.4 is 9.30 Å². The molecule has 69 heavy (non-hydrogen) atoms. The number of aromatic nitrogens is 6. The fourth-order valence-corrected chi connectivity index (χ4v) is 9.27. The van der Waals surface area contributed by atoms with Gasteiger partial charge in [-0.05, 0) is 91.6 Å². The van der Waals surface area contributed by atoms with Crippen molar-refractivity contribution in [1.82, 2.24) is 23.9 Å². The van der Waals surface area contributed by atoms with Crippen LogP contribution in [0.1, 0.15) is 79.0 Å². The standard InChI is InChI=1S/C61H54N6O.Pt/c1-59(2,3)41-30-31-62-57(35-41)67-55-29-26-45(66-53-24-15-13-22-49(53)50-23-14-16-25-54(50)66)37-52(55)51-28-27-48(38-56(51)67)68-47-21-17-20-44(36-47)65-39-64(58(63-65)40-18-11-10-12-19-40)46-33-42(60(4,5)6)32-43(34-46)61(7,8)9;/h10-35,37H,1-9H3;/q-2;. The number of hydrogen-bond acceptors (Lipinski definition) is 3. The largest absolute Gasteiger partial charge is 0.510 e. The van der Waals surface area contributed by atoms with Gasteiger partial charge in [-0.15, -0.1) is 29.7 Å². The zero-order valence-electron chi connectivity index (χ0n) is 40.5. The Morgan fingerprint density at radius 3 is 1.80 bits per heavy atom. The average Bonchev–Trinajstić information content (AvgIpc) is 4.02. The fraction of sp³-hybridized carbons (Fsp3) is 0.197. The van der Waals surface area contributed by atoms with Gasteiger partial charge in [0.2, 0.25) is 12.2 Å². The SMILES string of the molecule is CC(C)(C)c1cc(-[n+]2[c-]n(-c3[c-]c(Oc4[c-]c5c(cc4)c4cc(-n6c7ccccc7c7ccccc76)ccc4n5-c4cc(C(C)(C)C)ccn4)ccc3)nc2-c2ccccc2)cc(C(C)(C)C)c1.[Pt]. The minimum Gasteiger partial charge on any atom is -0.510 e. The third-order valence-electron chi connectivity index (χ3n) is 13.1. The van der Waals surface area contributed by atoms with Gasteiger partial charge in [-0.1, -0.05) is 153 Å². The quantitative estimate of drug-likeness (QED) is 0.118. The fourth-order valence-electron chi connectivity index (χ4n) is 9.27. The minimum atomic E-state index is -0.0715. The van der Waals surface area contributed by atoms with E-state index in [2.05, 4.69) is 210 Å². The molecule has 0 bridgehead atoms. The first kappa shape index (κ1) is 45.7. The van der Waals surface area contributed by atoms with Crippen LogP contribution in [0.5, 0.6) is 11.5 Å². The molecule has 0 spiro atoms. The van der Waals surface area contributed by atoms with E-state index in [-0.39, 0.29) is 37.3 Å². The third-order valence-corrected chi connectivity index (χ3v) is 13.1. The van der Waals surface area contributed by atoms with Crippen LogP contribution in [0.15, 0.2) is 164 Å². The average molecular weight is 1080 g/mol. The van der Waals surface area contributed by atoms with Crippen molar-refractivity contribution in [2.24, 2.45) is 0 Å². The number of para-hydroxylation sites is 2. The summed E-state index contributed by atoms with van der Waals surface area (Å²) in [6.07, 6.45) is 5.50. The van der Waals surface area contributed by atoms with Crippen LogP contribution in [-0.4, -0.2) is 23.9 Å². The normalized spacial score (nSPS) is 12.3. The first-order valence-electron chi connectivity index (χ1n) is 23.4. The first-order valence-corrected chi connectivity index (χ1v) is 23.4. The number of rotatable bonds is 7. The maximum Gasteiger partial charge on any atom is 0.231 e. The van der Waals surface area contributed by atoms with E-state index >= 15 is 0 Å². The summed E-state index contributed by atoms with van der Waals surface area (Å²) in [6, 6.07) is 62.6. The second-order valence-electron chi connectivity index (χ2n) is 21.0. The van der Waals surface area contributed by atoms with Crippen molar-refractivity contribution in [3.8, 4) is 45.8 Å². The molecule has 4 heterocycles. The summed E-state index contributed by atoms with van der Waals surface area (Å²) >= 11 is 0. The van der Waals surface area contributed by atoms with Gasteiger partial charge in [0, 0.05) is 72.0 Å². The molecule has 0 amide bonds. The summed E-state index contributed by atoms with van der Waals surface area (Å²) in [7, 11) is 0. The molecule has 0 aliphatic heterocycles. The van der Waals surface area contributed by atoms with Crippen LogP contribution in [0.25, 0.3) is 77.9 Å². The summed E-state index contributed by atoms with van der Waals surface area (Å²) in [6.45, 7) is 20.2. The Morgan fingerprint density at radius 2 is 1.13 bits per heavy atom. The summed E-state index contributed by atoms with van der Waals surface area (Å²) in [5, 5.41) is 9.77. The van der Waals surface area contributed by atoms with Crippen LogP contribution in [0.3, 0.4) is 0 Å². The minimum absolute atomic E-state index is 0. The van der Waals surface area contributed by atoms with Crippen molar-refractivity contribution in [2.45, 2.75) is 78.6 Å². The molecule has 0 N–H and O–H groups in total. The Bertz CT molecular complexity index is 3640. The molecule has 0 aliphatic rings. The molecule has 0 radical (unpaired) electrons. The summed E-state index contributed by atoms with van der Waals surface area (Å²) in [5.74, 6) is 2.68. The van der Waals surface area contributed by atoms with Gasteiger partial charge in [0.15, 0.2) is 0 Å². The topological polar surface area (TPSA) is 53.7 Å². The Hall–Kier alpha value is -7.08. The second kappa shape index (κ2) is 17.2. The predicted molar refractivity (Wildman–Crippen MR) is 276 cm³/mol. The van der Waals surface area contributed by atoms with Gasteiger partial charge >= 0.3 is 0 Å². The van der Waals surface area contributed by atoms with E-state index < -0.39 is 0 Å². The number of ether oxygens (including phenoxy) is 1. The van der Waals surface area contributed by atoms with E-state index in [1.54, 1.807) is 4.68 Å². The number of pyridine rings is 1. The molecular formula is C61H54N6OPt-2. The van der Waals surface area contributed by atoms with E-state index in [1.807, 2.05) is 48.7 Å². The molecule has 8 heteroatoms. The van der Waals surface area contributed by atoms with Gasteiger partial charge in [-0.25, -0.2) is 4.98 Å².